The monoisotopic (exact) mass is 251 g/mol. The Balaban J connectivity index is 2.40. The van der Waals surface area contributed by atoms with Crippen molar-refractivity contribution in [3.05, 3.63) is 70.0 Å². The number of benzene rings is 1. The molecule has 1 aromatic carbocycles. The highest BCUT2D eigenvalue weighted by molar-refractivity contribution is 5.58. The first-order valence-electron chi connectivity index (χ1n) is 6.75. The number of aromatic nitrogens is 1. The summed E-state index contributed by atoms with van der Waals surface area (Å²) < 4.78 is 0. The molecule has 0 spiro atoms. The van der Waals surface area contributed by atoms with Gasteiger partial charge < -0.3 is 0 Å². The van der Waals surface area contributed by atoms with Crippen LogP contribution in [0.2, 0.25) is 0 Å². The fourth-order valence-corrected chi connectivity index (χ4v) is 2.54. The molecule has 1 aromatic heterocycles. The van der Waals surface area contributed by atoms with Crippen molar-refractivity contribution < 1.29 is 0 Å². The maximum Gasteiger partial charge on any atom is 0.0378 e. The fourth-order valence-electron chi connectivity index (χ4n) is 2.54. The minimum absolute atomic E-state index is 0.964. The predicted octanol–water partition coefficient (Wildman–Crippen LogP) is 4.63. The van der Waals surface area contributed by atoms with Crippen LogP contribution < -0.4 is 0 Å². The molecule has 0 bridgehead atoms. The molecule has 0 N–H and O–H groups in total. The van der Waals surface area contributed by atoms with Crippen LogP contribution in [0.15, 0.2) is 36.4 Å². The first-order valence-corrected chi connectivity index (χ1v) is 6.75. The van der Waals surface area contributed by atoms with Gasteiger partial charge in [0.05, 0.1) is 0 Å². The van der Waals surface area contributed by atoms with Crippen molar-refractivity contribution in [1.82, 2.24) is 4.98 Å². The standard InChI is InChI=1S/C18H21N/c1-5-7-18-13(2)8-6-9-17(18)12-16-10-14(3)19-15(4)11-16/h5-11H,12H2,1-4H3/b7-5-. The number of allylic oxidation sites excluding steroid dienone is 1. The molecular formula is C18H21N. The zero-order valence-corrected chi connectivity index (χ0v) is 12.2. The third kappa shape index (κ3) is 3.31. The number of hydrogen-bond donors (Lipinski definition) is 0. The molecule has 0 aliphatic carbocycles. The van der Waals surface area contributed by atoms with Crippen molar-refractivity contribution in [1.29, 1.82) is 0 Å². The second-order valence-electron chi connectivity index (χ2n) is 5.08. The van der Waals surface area contributed by atoms with Crippen LogP contribution >= 0.6 is 0 Å². The summed E-state index contributed by atoms with van der Waals surface area (Å²) in [5.74, 6) is 0. The minimum Gasteiger partial charge on any atom is -0.258 e. The summed E-state index contributed by atoms with van der Waals surface area (Å²) in [6, 6.07) is 10.9. The Hall–Kier alpha value is -1.89. The summed E-state index contributed by atoms with van der Waals surface area (Å²) in [5, 5.41) is 0. The SMILES string of the molecule is C/C=C\c1c(C)cccc1Cc1cc(C)nc(C)c1. The van der Waals surface area contributed by atoms with Gasteiger partial charge >= 0.3 is 0 Å². The predicted molar refractivity (Wildman–Crippen MR) is 82.4 cm³/mol. The van der Waals surface area contributed by atoms with E-state index in [0.29, 0.717) is 0 Å². The van der Waals surface area contributed by atoms with Gasteiger partial charge in [-0.25, -0.2) is 0 Å². The van der Waals surface area contributed by atoms with Gasteiger partial charge in [-0.15, -0.1) is 0 Å². The van der Waals surface area contributed by atoms with Gasteiger partial charge in [0, 0.05) is 11.4 Å². The zero-order chi connectivity index (χ0) is 13.8. The molecule has 1 heteroatoms. The summed E-state index contributed by atoms with van der Waals surface area (Å²) in [6.07, 6.45) is 5.27. The molecule has 2 aromatic rings. The Kier molecular flexibility index (Phi) is 4.16. The molecule has 0 saturated carbocycles. The smallest absolute Gasteiger partial charge is 0.0378 e. The van der Waals surface area contributed by atoms with Crippen molar-refractivity contribution in [2.24, 2.45) is 0 Å². The molecule has 0 amide bonds. The lowest BCUT2D eigenvalue weighted by Gasteiger charge is -2.10. The Morgan fingerprint density at radius 2 is 1.74 bits per heavy atom. The molecule has 19 heavy (non-hydrogen) atoms. The molecule has 0 aliphatic rings. The number of hydrogen-bond acceptors (Lipinski definition) is 1. The first-order chi connectivity index (χ1) is 9.10. The topological polar surface area (TPSA) is 12.9 Å². The lowest BCUT2D eigenvalue weighted by molar-refractivity contribution is 1.07. The number of rotatable bonds is 3. The molecule has 0 saturated heterocycles. The Morgan fingerprint density at radius 3 is 2.37 bits per heavy atom. The molecule has 0 fully saturated rings. The molecule has 2 rings (SSSR count). The zero-order valence-electron chi connectivity index (χ0n) is 12.2. The van der Waals surface area contributed by atoms with Crippen LogP contribution in [0.3, 0.4) is 0 Å². The van der Waals surface area contributed by atoms with Gasteiger partial charge in [-0.3, -0.25) is 4.98 Å². The average molecular weight is 251 g/mol. The summed E-state index contributed by atoms with van der Waals surface area (Å²) in [6.45, 7) is 8.35. The highest BCUT2D eigenvalue weighted by Crippen LogP contribution is 2.20. The van der Waals surface area contributed by atoms with Gasteiger partial charge in [0.15, 0.2) is 0 Å². The van der Waals surface area contributed by atoms with E-state index >= 15 is 0 Å². The Labute approximate surface area is 116 Å². The molecule has 98 valence electrons. The van der Waals surface area contributed by atoms with Crippen LogP contribution in [0, 0.1) is 20.8 Å². The summed E-state index contributed by atoms with van der Waals surface area (Å²) >= 11 is 0. The van der Waals surface area contributed by atoms with Crippen LogP contribution in [0.5, 0.6) is 0 Å². The van der Waals surface area contributed by atoms with E-state index in [9.17, 15) is 0 Å². The molecular weight excluding hydrogens is 230 g/mol. The van der Waals surface area contributed by atoms with E-state index in [2.05, 4.69) is 75.2 Å². The second-order valence-corrected chi connectivity index (χ2v) is 5.08. The average Bonchev–Trinajstić information content (AvgIpc) is 2.32. The maximum atomic E-state index is 4.44. The van der Waals surface area contributed by atoms with E-state index in [1.165, 1.54) is 22.3 Å². The van der Waals surface area contributed by atoms with Gasteiger partial charge in [0.2, 0.25) is 0 Å². The lowest BCUT2D eigenvalue weighted by atomic mass is 9.96. The molecule has 0 unspecified atom stereocenters. The van der Waals surface area contributed by atoms with E-state index in [4.69, 9.17) is 0 Å². The minimum atomic E-state index is 0.964. The molecule has 0 atom stereocenters. The van der Waals surface area contributed by atoms with Gasteiger partial charge in [-0.05, 0) is 68.5 Å². The number of pyridine rings is 1. The van der Waals surface area contributed by atoms with Crippen molar-refractivity contribution >= 4 is 6.08 Å². The summed E-state index contributed by atoms with van der Waals surface area (Å²) in [7, 11) is 0. The van der Waals surface area contributed by atoms with Crippen molar-refractivity contribution in [2.45, 2.75) is 34.1 Å². The van der Waals surface area contributed by atoms with Crippen molar-refractivity contribution in [3.63, 3.8) is 0 Å². The van der Waals surface area contributed by atoms with E-state index in [1.54, 1.807) is 0 Å². The summed E-state index contributed by atoms with van der Waals surface area (Å²) in [5.41, 5.74) is 7.57. The van der Waals surface area contributed by atoms with Crippen molar-refractivity contribution in [2.75, 3.05) is 0 Å². The fraction of sp³-hybridized carbons (Fsp3) is 0.278. The number of aryl methyl sites for hydroxylation is 3. The third-order valence-corrected chi connectivity index (χ3v) is 3.28. The van der Waals surface area contributed by atoms with Crippen LogP contribution in [-0.2, 0) is 6.42 Å². The van der Waals surface area contributed by atoms with E-state index in [1.807, 2.05) is 0 Å². The number of nitrogens with zero attached hydrogens (tertiary/aromatic N) is 1. The highest BCUT2D eigenvalue weighted by Gasteiger charge is 2.05. The quantitative estimate of drug-likeness (QED) is 0.775. The first kappa shape index (κ1) is 13.5. The van der Waals surface area contributed by atoms with E-state index in [0.717, 1.165) is 17.8 Å². The largest absolute Gasteiger partial charge is 0.258 e. The van der Waals surface area contributed by atoms with Crippen LogP contribution in [0.1, 0.15) is 40.6 Å². The van der Waals surface area contributed by atoms with Gasteiger partial charge in [-0.2, -0.15) is 0 Å². The lowest BCUT2D eigenvalue weighted by Crippen LogP contribution is -1.97. The summed E-state index contributed by atoms with van der Waals surface area (Å²) in [4.78, 5) is 4.44. The second kappa shape index (κ2) is 5.83. The highest BCUT2D eigenvalue weighted by atomic mass is 14.7. The maximum absolute atomic E-state index is 4.44. The molecule has 1 heterocycles. The third-order valence-electron chi connectivity index (χ3n) is 3.28. The van der Waals surface area contributed by atoms with Crippen LogP contribution in [0.4, 0.5) is 0 Å². The van der Waals surface area contributed by atoms with Gasteiger partial charge in [0.1, 0.15) is 0 Å². The van der Waals surface area contributed by atoms with Crippen LogP contribution in [-0.4, -0.2) is 4.98 Å². The van der Waals surface area contributed by atoms with Crippen molar-refractivity contribution in [3.8, 4) is 0 Å². The molecule has 0 aliphatic heterocycles. The molecule has 0 radical (unpaired) electrons. The van der Waals surface area contributed by atoms with Gasteiger partial charge in [0.25, 0.3) is 0 Å². The van der Waals surface area contributed by atoms with Crippen LogP contribution in [0.25, 0.3) is 6.08 Å². The van der Waals surface area contributed by atoms with Gasteiger partial charge in [-0.1, -0.05) is 30.4 Å². The van der Waals surface area contributed by atoms with E-state index < -0.39 is 0 Å². The Morgan fingerprint density at radius 1 is 1.05 bits per heavy atom. The Bertz CT molecular complexity index is 589. The normalized spacial score (nSPS) is 11.2. The molecule has 1 nitrogen and oxygen atoms in total. The van der Waals surface area contributed by atoms with E-state index in [-0.39, 0.29) is 0 Å².